The first-order valence-corrected chi connectivity index (χ1v) is 8.28. The minimum Gasteiger partial charge on any atom is -0.402 e. The maximum atomic E-state index is 12.7. The van der Waals surface area contributed by atoms with Gasteiger partial charge in [-0.3, -0.25) is 4.79 Å². The predicted molar refractivity (Wildman–Crippen MR) is 101 cm³/mol. The molecule has 3 aromatic rings. The molecule has 0 atom stereocenters. The van der Waals surface area contributed by atoms with E-state index in [1.54, 1.807) is 36.0 Å². The number of nitrogens with two attached hydrogens (primary N) is 1. The molecule has 7 nitrogen and oxygen atoms in total. The molecule has 0 saturated carbocycles. The minimum absolute atomic E-state index is 0.344. The summed E-state index contributed by atoms with van der Waals surface area (Å²) in [7, 11) is 0. The van der Waals surface area contributed by atoms with Crippen LogP contribution in [0.5, 0.6) is 0 Å². The van der Waals surface area contributed by atoms with E-state index in [-0.39, 0.29) is 5.91 Å². The molecule has 132 valence electrons. The number of nitrogens with zero attached hydrogens (tertiary/aromatic N) is 4. The average molecular weight is 348 g/mol. The number of carbonyl (C=O) groups excluding carboxylic acids is 1. The molecule has 1 aromatic carbocycles. The average Bonchev–Trinajstić information content (AvgIpc) is 3.06. The van der Waals surface area contributed by atoms with Gasteiger partial charge >= 0.3 is 0 Å². The van der Waals surface area contributed by atoms with Crippen molar-refractivity contribution in [3.05, 3.63) is 71.8 Å². The molecule has 0 aliphatic carbocycles. The van der Waals surface area contributed by atoms with Gasteiger partial charge in [0.2, 0.25) is 0 Å². The molecule has 0 bridgehead atoms. The normalized spacial score (nSPS) is 12.4. The molecule has 0 aliphatic rings. The van der Waals surface area contributed by atoms with Crippen molar-refractivity contribution in [1.82, 2.24) is 19.9 Å². The Morgan fingerprint density at radius 1 is 1.35 bits per heavy atom. The van der Waals surface area contributed by atoms with Gasteiger partial charge in [-0.15, -0.1) is 0 Å². The highest BCUT2D eigenvalue weighted by Crippen LogP contribution is 2.19. The van der Waals surface area contributed by atoms with Crippen molar-refractivity contribution in [2.24, 2.45) is 10.7 Å². The third kappa shape index (κ3) is 3.77. The van der Waals surface area contributed by atoms with Gasteiger partial charge in [-0.1, -0.05) is 25.1 Å². The maximum Gasteiger partial charge on any atom is 0.262 e. The monoisotopic (exact) mass is 348 g/mol. The van der Waals surface area contributed by atoms with E-state index in [0.717, 1.165) is 17.7 Å². The molecule has 3 N–H and O–H groups in total. The van der Waals surface area contributed by atoms with Gasteiger partial charge in [-0.05, 0) is 37.1 Å². The maximum absolute atomic E-state index is 12.7. The number of rotatable bonds is 4. The largest absolute Gasteiger partial charge is 0.402 e. The second-order valence-electron chi connectivity index (χ2n) is 5.77. The summed E-state index contributed by atoms with van der Waals surface area (Å²) in [6, 6.07) is 9.53. The summed E-state index contributed by atoms with van der Waals surface area (Å²) in [6.45, 7) is 3.80. The fourth-order valence-electron chi connectivity index (χ4n) is 2.53. The van der Waals surface area contributed by atoms with Crippen LogP contribution >= 0.6 is 0 Å². The number of aliphatic imine (C=N–C) groups is 1. The fraction of sp³-hybridized carbons (Fsp3) is 0.158. The molecular weight excluding hydrogens is 328 g/mol. The number of para-hydroxylation sites is 1. The fourth-order valence-corrected chi connectivity index (χ4v) is 2.53. The lowest BCUT2D eigenvalue weighted by molar-refractivity contribution is 0.0978. The van der Waals surface area contributed by atoms with Gasteiger partial charge in [0, 0.05) is 18.1 Å². The number of fused-ring (bicyclic) bond motifs is 1. The first-order valence-electron chi connectivity index (χ1n) is 8.28. The number of benzene rings is 1. The van der Waals surface area contributed by atoms with Crippen molar-refractivity contribution in [2.45, 2.75) is 20.3 Å². The molecule has 0 spiro atoms. The van der Waals surface area contributed by atoms with Crippen LogP contribution in [-0.4, -0.2) is 26.3 Å². The third-order valence-electron chi connectivity index (χ3n) is 3.74. The van der Waals surface area contributed by atoms with E-state index >= 15 is 0 Å². The number of aromatic nitrogens is 3. The van der Waals surface area contributed by atoms with E-state index in [1.807, 2.05) is 24.3 Å². The molecular formula is C19H20N6O. The summed E-state index contributed by atoms with van der Waals surface area (Å²) < 4.78 is 1.54. The van der Waals surface area contributed by atoms with Crippen LogP contribution in [0.2, 0.25) is 0 Å². The molecule has 26 heavy (non-hydrogen) atoms. The number of hydrogen-bond donors (Lipinski definition) is 2. The standard InChI is InChI=1S/C19H20N6O/c1-3-14-7-4-5-8-16(14)23-17(11-13(2)20)24-19(26)15-12-22-25-10-6-9-21-18(15)25/h4-12H,3,20H2,1-2H3,(H,23,24,26). The summed E-state index contributed by atoms with van der Waals surface area (Å²) in [5, 5.41) is 6.94. The molecule has 0 aliphatic heterocycles. The Labute approximate surface area is 151 Å². The number of aryl methyl sites for hydroxylation is 1. The van der Waals surface area contributed by atoms with Crippen LogP contribution in [0.1, 0.15) is 29.8 Å². The molecule has 0 radical (unpaired) electrons. The molecule has 0 saturated heterocycles. The quantitative estimate of drug-likeness (QED) is 0.559. The van der Waals surface area contributed by atoms with Crippen LogP contribution in [0.25, 0.3) is 5.65 Å². The van der Waals surface area contributed by atoms with Gasteiger partial charge in [0.05, 0.1) is 11.9 Å². The van der Waals surface area contributed by atoms with Gasteiger partial charge in [0.25, 0.3) is 5.91 Å². The Morgan fingerprint density at radius 3 is 2.92 bits per heavy atom. The highest BCUT2D eigenvalue weighted by Gasteiger charge is 2.15. The lowest BCUT2D eigenvalue weighted by Gasteiger charge is -2.08. The van der Waals surface area contributed by atoms with Gasteiger partial charge in [-0.25, -0.2) is 14.5 Å². The van der Waals surface area contributed by atoms with Gasteiger partial charge in [0.1, 0.15) is 11.4 Å². The molecule has 0 fully saturated rings. The summed E-state index contributed by atoms with van der Waals surface area (Å²) >= 11 is 0. The predicted octanol–water partition coefficient (Wildman–Crippen LogP) is 2.61. The van der Waals surface area contributed by atoms with Crippen molar-refractivity contribution in [1.29, 1.82) is 0 Å². The molecule has 1 amide bonds. The summed E-state index contributed by atoms with van der Waals surface area (Å²) in [6.07, 6.45) is 7.29. The van der Waals surface area contributed by atoms with E-state index in [0.29, 0.717) is 22.7 Å². The molecule has 2 heterocycles. The highest BCUT2D eigenvalue weighted by molar-refractivity contribution is 6.13. The van der Waals surface area contributed by atoms with Crippen LogP contribution < -0.4 is 11.1 Å². The van der Waals surface area contributed by atoms with Crippen LogP contribution in [0.4, 0.5) is 5.69 Å². The SMILES string of the molecule is CCc1ccccc1N=C(C=C(C)N)NC(=O)c1cnn2cccnc12. The first kappa shape index (κ1) is 17.3. The number of hydrogen-bond acceptors (Lipinski definition) is 5. The zero-order valence-corrected chi connectivity index (χ0v) is 14.7. The zero-order chi connectivity index (χ0) is 18.5. The van der Waals surface area contributed by atoms with Crippen LogP contribution in [0.3, 0.4) is 0 Å². The number of amides is 1. The molecule has 0 unspecified atom stereocenters. The Morgan fingerprint density at radius 2 is 2.15 bits per heavy atom. The summed E-state index contributed by atoms with van der Waals surface area (Å²) in [4.78, 5) is 21.5. The lowest BCUT2D eigenvalue weighted by atomic mass is 10.1. The van der Waals surface area contributed by atoms with E-state index in [4.69, 9.17) is 5.73 Å². The van der Waals surface area contributed by atoms with Crippen molar-refractivity contribution < 1.29 is 4.79 Å². The number of allylic oxidation sites excluding steroid dienone is 1. The van der Waals surface area contributed by atoms with Gasteiger partial charge < -0.3 is 11.1 Å². The van der Waals surface area contributed by atoms with E-state index in [9.17, 15) is 4.79 Å². The van der Waals surface area contributed by atoms with E-state index in [2.05, 4.69) is 27.3 Å². The Balaban J connectivity index is 1.95. The summed E-state index contributed by atoms with van der Waals surface area (Å²) in [5.41, 5.74) is 9.06. The van der Waals surface area contributed by atoms with Crippen LogP contribution in [-0.2, 0) is 6.42 Å². The topological polar surface area (TPSA) is 97.7 Å². The third-order valence-corrected chi connectivity index (χ3v) is 3.74. The van der Waals surface area contributed by atoms with E-state index < -0.39 is 0 Å². The molecule has 3 rings (SSSR count). The Bertz CT molecular complexity index is 998. The first-order chi connectivity index (χ1) is 12.6. The Kier molecular flexibility index (Phi) is 5.07. The van der Waals surface area contributed by atoms with Gasteiger partial charge in [-0.2, -0.15) is 5.10 Å². The second-order valence-corrected chi connectivity index (χ2v) is 5.77. The number of amidine groups is 1. The lowest BCUT2D eigenvalue weighted by Crippen LogP contribution is -2.29. The Hall–Kier alpha value is -3.48. The highest BCUT2D eigenvalue weighted by atomic mass is 16.1. The molecule has 2 aromatic heterocycles. The van der Waals surface area contributed by atoms with E-state index in [1.165, 1.54) is 6.20 Å². The van der Waals surface area contributed by atoms with Crippen molar-refractivity contribution >= 4 is 23.1 Å². The molecule has 7 heteroatoms. The van der Waals surface area contributed by atoms with Crippen LogP contribution in [0, 0.1) is 0 Å². The number of carbonyl (C=O) groups is 1. The minimum atomic E-state index is -0.344. The number of nitrogens with one attached hydrogen (secondary N) is 1. The van der Waals surface area contributed by atoms with Gasteiger partial charge in [0.15, 0.2) is 5.65 Å². The van der Waals surface area contributed by atoms with Crippen molar-refractivity contribution in [3.63, 3.8) is 0 Å². The van der Waals surface area contributed by atoms with Crippen molar-refractivity contribution in [3.8, 4) is 0 Å². The zero-order valence-electron chi connectivity index (χ0n) is 14.7. The summed E-state index contributed by atoms with van der Waals surface area (Å²) in [5.74, 6) is 0.0233. The second kappa shape index (κ2) is 7.60. The van der Waals surface area contributed by atoms with Crippen molar-refractivity contribution in [2.75, 3.05) is 0 Å². The van der Waals surface area contributed by atoms with Crippen LogP contribution in [0.15, 0.2) is 65.7 Å². The smallest absolute Gasteiger partial charge is 0.262 e.